The number of carbonyl (C=O) groups is 1. The molecule has 0 aliphatic rings. The highest BCUT2D eigenvalue weighted by molar-refractivity contribution is 5.94. The summed E-state index contributed by atoms with van der Waals surface area (Å²) >= 11 is 0. The van der Waals surface area contributed by atoms with Gasteiger partial charge < -0.3 is 15.0 Å². The van der Waals surface area contributed by atoms with Crippen molar-refractivity contribution in [3.8, 4) is 5.75 Å². The van der Waals surface area contributed by atoms with E-state index in [1.807, 2.05) is 36.4 Å². The number of hydrogen-bond acceptors (Lipinski definition) is 4. The summed E-state index contributed by atoms with van der Waals surface area (Å²) < 4.78 is 5.43. The zero-order valence-corrected chi connectivity index (χ0v) is 14.5. The third kappa shape index (κ3) is 3.64. The van der Waals surface area contributed by atoms with Gasteiger partial charge in [-0.2, -0.15) is 0 Å². The molecule has 3 rings (SSSR count). The molecular formula is C20H19N3O3. The van der Waals surface area contributed by atoms with Crippen LogP contribution in [0, 0.1) is 6.92 Å². The Hall–Kier alpha value is -3.41. The first-order valence-corrected chi connectivity index (χ1v) is 8.14. The Labute approximate surface area is 150 Å². The fourth-order valence-corrected chi connectivity index (χ4v) is 2.72. The number of ether oxygens (including phenoxy) is 1. The Morgan fingerprint density at radius 1 is 1.19 bits per heavy atom. The molecule has 0 spiro atoms. The molecule has 0 saturated heterocycles. The van der Waals surface area contributed by atoms with E-state index < -0.39 is 11.9 Å². The number of methoxy groups -OCH3 is 1. The number of amides is 1. The van der Waals surface area contributed by atoms with Gasteiger partial charge in [0.2, 0.25) is 0 Å². The van der Waals surface area contributed by atoms with Gasteiger partial charge in [-0.25, -0.2) is 0 Å². The molecule has 1 aromatic carbocycles. The molecule has 0 saturated carbocycles. The van der Waals surface area contributed by atoms with Crippen LogP contribution in [-0.2, 0) is 0 Å². The van der Waals surface area contributed by atoms with E-state index in [4.69, 9.17) is 4.74 Å². The molecule has 2 N–H and O–H groups in total. The lowest BCUT2D eigenvalue weighted by molar-refractivity contribution is 0.0940. The standard InChI is InChI=1S/C20H19N3O3/c1-13-11-17(24)15(12-22-13)20(25)23-19(16-8-5-6-10-21-16)14-7-3-4-9-18(14)26-2/h3-12,19H,1-2H3,(H,22,24)(H,23,25)/t19-/m1/s1. The average molecular weight is 349 g/mol. The van der Waals surface area contributed by atoms with Crippen molar-refractivity contribution < 1.29 is 9.53 Å². The number of H-pyrrole nitrogens is 1. The summed E-state index contributed by atoms with van der Waals surface area (Å²) in [5, 5.41) is 2.90. The minimum atomic E-state index is -0.555. The average Bonchev–Trinajstić information content (AvgIpc) is 2.66. The van der Waals surface area contributed by atoms with Crippen LogP contribution < -0.4 is 15.5 Å². The predicted octanol–water partition coefficient (Wildman–Crippen LogP) is 2.61. The Kier molecular flexibility index (Phi) is 5.12. The number of para-hydroxylation sites is 1. The van der Waals surface area contributed by atoms with Crippen LogP contribution in [-0.4, -0.2) is 23.0 Å². The number of benzene rings is 1. The van der Waals surface area contributed by atoms with E-state index >= 15 is 0 Å². The molecule has 2 heterocycles. The lowest BCUT2D eigenvalue weighted by Gasteiger charge is -2.21. The van der Waals surface area contributed by atoms with Crippen LogP contribution in [0.25, 0.3) is 0 Å². The van der Waals surface area contributed by atoms with Crippen molar-refractivity contribution in [1.29, 1.82) is 0 Å². The number of pyridine rings is 2. The number of aromatic nitrogens is 2. The summed E-state index contributed by atoms with van der Waals surface area (Å²) in [7, 11) is 1.57. The van der Waals surface area contributed by atoms with E-state index in [9.17, 15) is 9.59 Å². The molecule has 0 bridgehead atoms. The van der Waals surface area contributed by atoms with Crippen LogP contribution in [0.2, 0.25) is 0 Å². The van der Waals surface area contributed by atoms with Gasteiger partial charge in [0.15, 0.2) is 5.43 Å². The largest absolute Gasteiger partial charge is 0.496 e. The van der Waals surface area contributed by atoms with E-state index in [2.05, 4.69) is 15.3 Å². The van der Waals surface area contributed by atoms with Crippen molar-refractivity contribution in [2.75, 3.05) is 7.11 Å². The molecule has 0 radical (unpaired) electrons. The van der Waals surface area contributed by atoms with Gasteiger partial charge in [-0.05, 0) is 25.1 Å². The van der Waals surface area contributed by atoms with Gasteiger partial charge in [0, 0.05) is 29.7 Å². The number of rotatable bonds is 5. The number of carbonyl (C=O) groups excluding carboxylic acids is 1. The zero-order valence-electron chi connectivity index (χ0n) is 14.5. The van der Waals surface area contributed by atoms with Crippen molar-refractivity contribution in [3.63, 3.8) is 0 Å². The number of nitrogens with one attached hydrogen (secondary N) is 2. The van der Waals surface area contributed by atoms with Crippen molar-refractivity contribution in [3.05, 3.63) is 93.7 Å². The minimum absolute atomic E-state index is 0.0476. The van der Waals surface area contributed by atoms with Crippen LogP contribution >= 0.6 is 0 Å². The first-order chi connectivity index (χ1) is 12.6. The molecule has 132 valence electrons. The topological polar surface area (TPSA) is 84.1 Å². The first kappa shape index (κ1) is 17.4. The smallest absolute Gasteiger partial charge is 0.257 e. The Morgan fingerprint density at radius 3 is 2.65 bits per heavy atom. The highest BCUT2D eigenvalue weighted by atomic mass is 16.5. The molecule has 0 aliphatic heterocycles. The second kappa shape index (κ2) is 7.65. The van der Waals surface area contributed by atoms with E-state index in [1.54, 1.807) is 26.3 Å². The van der Waals surface area contributed by atoms with Gasteiger partial charge in [-0.1, -0.05) is 24.3 Å². The fraction of sp³-hybridized carbons (Fsp3) is 0.150. The summed E-state index contributed by atoms with van der Waals surface area (Å²) in [6.07, 6.45) is 3.08. The maximum Gasteiger partial charge on any atom is 0.257 e. The molecule has 0 unspecified atom stereocenters. The molecule has 0 fully saturated rings. The highest BCUT2D eigenvalue weighted by Gasteiger charge is 2.23. The lowest BCUT2D eigenvalue weighted by atomic mass is 10.0. The molecule has 0 aliphatic carbocycles. The fourth-order valence-electron chi connectivity index (χ4n) is 2.72. The molecule has 2 aromatic heterocycles. The normalized spacial score (nSPS) is 11.6. The van der Waals surface area contributed by atoms with Gasteiger partial charge >= 0.3 is 0 Å². The number of hydrogen-bond donors (Lipinski definition) is 2. The molecule has 6 nitrogen and oxygen atoms in total. The molecule has 1 atom stereocenters. The highest BCUT2D eigenvalue weighted by Crippen LogP contribution is 2.29. The van der Waals surface area contributed by atoms with Crippen LogP contribution in [0.4, 0.5) is 0 Å². The van der Waals surface area contributed by atoms with Crippen LogP contribution in [0.1, 0.15) is 33.4 Å². The number of aromatic amines is 1. The van der Waals surface area contributed by atoms with Crippen molar-refractivity contribution in [2.45, 2.75) is 13.0 Å². The first-order valence-electron chi connectivity index (χ1n) is 8.14. The summed E-state index contributed by atoms with van der Waals surface area (Å²) in [6, 6.07) is 13.7. The molecular weight excluding hydrogens is 330 g/mol. The maximum atomic E-state index is 12.7. The zero-order chi connectivity index (χ0) is 18.5. The van der Waals surface area contributed by atoms with E-state index in [1.165, 1.54) is 12.3 Å². The van der Waals surface area contributed by atoms with E-state index in [0.717, 1.165) is 5.56 Å². The Bertz CT molecular complexity index is 967. The quantitative estimate of drug-likeness (QED) is 0.742. The minimum Gasteiger partial charge on any atom is -0.496 e. The summed E-state index contributed by atoms with van der Waals surface area (Å²) in [4.78, 5) is 32.1. The molecule has 3 aromatic rings. The summed E-state index contributed by atoms with van der Waals surface area (Å²) in [5.74, 6) is 0.147. The molecule has 26 heavy (non-hydrogen) atoms. The maximum absolute atomic E-state index is 12.7. The van der Waals surface area contributed by atoms with Gasteiger partial charge in [0.25, 0.3) is 5.91 Å². The van der Waals surface area contributed by atoms with E-state index in [0.29, 0.717) is 17.1 Å². The molecule has 1 amide bonds. The van der Waals surface area contributed by atoms with Gasteiger partial charge in [-0.15, -0.1) is 0 Å². The second-order valence-electron chi connectivity index (χ2n) is 5.80. The SMILES string of the molecule is COc1ccccc1[C@@H](NC(=O)c1c[nH]c(C)cc1=O)c1ccccn1. The van der Waals surface area contributed by atoms with Crippen LogP contribution in [0.15, 0.2) is 65.7 Å². The third-order valence-corrected chi connectivity index (χ3v) is 4.01. The Morgan fingerprint density at radius 2 is 1.96 bits per heavy atom. The number of nitrogens with zero attached hydrogens (tertiary/aromatic N) is 1. The Balaban J connectivity index is 2.02. The van der Waals surface area contributed by atoms with Crippen LogP contribution in [0.5, 0.6) is 5.75 Å². The second-order valence-corrected chi connectivity index (χ2v) is 5.80. The number of aryl methyl sites for hydroxylation is 1. The molecule has 6 heteroatoms. The van der Waals surface area contributed by atoms with Crippen molar-refractivity contribution in [2.24, 2.45) is 0 Å². The third-order valence-electron chi connectivity index (χ3n) is 4.01. The van der Waals surface area contributed by atoms with Crippen LogP contribution in [0.3, 0.4) is 0 Å². The lowest BCUT2D eigenvalue weighted by Crippen LogP contribution is -2.33. The van der Waals surface area contributed by atoms with Gasteiger partial charge in [-0.3, -0.25) is 14.6 Å². The summed E-state index contributed by atoms with van der Waals surface area (Å²) in [5.41, 5.74) is 1.81. The monoisotopic (exact) mass is 349 g/mol. The van der Waals surface area contributed by atoms with Gasteiger partial charge in [0.05, 0.1) is 12.8 Å². The van der Waals surface area contributed by atoms with E-state index in [-0.39, 0.29) is 11.0 Å². The summed E-state index contributed by atoms with van der Waals surface area (Å²) in [6.45, 7) is 1.76. The van der Waals surface area contributed by atoms with Crippen molar-refractivity contribution in [1.82, 2.24) is 15.3 Å². The van der Waals surface area contributed by atoms with Crippen molar-refractivity contribution >= 4 is 5.91 Å². The van der Waals surface area contributed by atoms with Gasteiger partial charge in [0.1, 0.15) is 17.4 Å². The predicted molar refractivity (Wildman–Crippen MR) is 98.3 cm³/mol.